The van der Waals surface area contributed by atoms with E-state index >= 15 is 0 Å². The average Bonchev–Trinajstić information content (AvgIpc) is 2.67. The van der Waals surface area contributed by atoms with Crippen molar-refractivity contribution in [1.29, 1.82) is 0 Å². The molecule has 0 spiro atoms. The molecule has 2 aromatic carbocycles. The fraction of sp³-hybridized carbons (Fsp3) is 0.238. The lowest BCUT2D eigenvalue weighted by Crippen LogP contribution is -2.42. The molecule has 1 aliphatic heterocycles. The molecule has 2 heterocycles. The molecule has 0 radical (unpaired) electrons. The summed E-state index contributed by atoms with van der Waals surface area (Å²) in [6, 6.07) is 13.5. The zero-order valence-corrected chi connectivity index (χ0v) is 16.5. The standard InChI is InChI=1S/C21H21ClN4O2/c1-13-6-5-9-18(14(13)2)26-19-16(20(27)24-21(26)28)11-25(12-23-19)10-15-7-3-4-8-17(15)22/h3-9,23H,10-12H2,1-2H3,(H,24,27,28). The van der Waals surface area contributed by atoms with Gasteiger partial charge in [0.2, 0.25) is 0 Å². The fourth-order valence-electron chi connectivity index (χ4n) is 3.56. The van der Waals surface area contributed by atoms with Crippen molar-refractivity contribution in [2.75, 3.05) is 12.0 Å². The number of H-pyrrole nitrogens is 1. The molecule has 1 aromatic heterocycles. The Kier molecular flexibility index (Phi) is 4.83. The van der Waals surface area contributed by atoms with E-state index in [1.54, 1.807) is 4.57 Å². The molecule has 2 N–H and O–H groups in total. The van der Waals surface area contributed by atoms with E-state index in [0.29, 0.717) is 36.2 Å². The van der Waals surface area contributed by atoms with Crippen LogP contribution in [0.2, 0.25) is 5.02 Å². The second kappa shape index (κ2) is 7.30. The van der Waals surface area contributed by atoms with Crippen molar-refractivity contribution in [3.63, 3.8) is 0 Å². The molecule has 0 aliphatic carbocycles. The maximum absolute atomic E-state index is 12.6. The van der Waals surface area contributed by atoms with Gasteiger partial charge in [-0.1, -0.05) is 41.9 Å². The molecule has 28 heavy (non-hydrogen) atoms. The van der Waals surface area contributed by atoms with Crippen LogP contribution in [0.15, 0.2) is 52.1 Å². The first-order valence-corrected chi connectivity index (χ1v) is 9.48. The van der Waals surface area contributed by atoms with E-state index < -0.39 is 5.69 Å². The third-order valence-corrected chi connectivity index (χ3v) is 5.60. The van der Waals surface area contributed by atoms with Crippen molar-refractivity contribution >= 4 is 17.4 Å². The molecule has 7 heteroatoms. The second-order valence-corrected chi connectivity index (χ2v) is 7.46. The Balaban J connectivity index is 1.75. The van der Waals surface area contributed by atoms with E-state index in [2.05, 4.69) is 15.2 Å². The van der Waals surface area contributed by atoms with E-state index in [9.17, 15) is 9.59 Å². The first-order chi connectivity index (χ1) is 13.5. The van der Waals surface area contributed by atoms with Gasteiger partial charge >= 0.3 is 5.69 Å². The lowest BCUT2D eigenvalue weighted by molar-refractivity contribution is 0.263. The summed E-state index contributed by atoms with van der Waals surface area (Å²) >= 11 is 6.27. The second-order valence-electron chi connectivity index (χ2n) is 7.05. The van der Waals surface area contributed by atoms with Crippen LogP contribution >= 0.6 is 11.6 Å². The molecule has 0 amide bonds. The van der Waals surface area contributed by atoms with Gasteiger partial charge < -0.3 is 5.32 Å². The number of hydrogen-bond acceptors (Lipinski definition) is 4. The minimum Gasteiger partial charge on any atom is -0.358 e. The summed E-state index contributed by atoms with van der Waals surface area (Å²) in [6.07, 6.45) is 0. The number of nitrogens with zero attached hydrogens (tertiary/aromatic N) is 2. The van der Waals surface area contributed by atoms with Crippen LogP contribution in [0.4, 0.5) is 5.82 Å². The molecular formula is C21H21ClN4O2. The van der Waals surface area contributed by atoms with Crippen molar-refractivity contribution in [3.8, 4) is 5.69 Å². The highest BCUT2D eigenvalue weighted by Crippen LogP contribution is 2.25. The van der Waals surface area contributed by atoms with Crippen LogP contribution < -0.4 is 16.6 Å². The molecule has 4 rings (SSSR count). The number of anilines is 1. The predicted molar refractivity (Wildman–Crippen MR) is 111 cm³/mol. The van der Waals surface area contributed by atoms with Crippen molar-refractivity contribution in [3.05, 3.63) is 90.6 Å². The van der Waals surface area contributed by atoms with Gasteiger partial charge in [-0.05, 0) is 42.7 Å². The number of aryl methyl sites for hydroxylation is 1. The zero-order chi connectivity index (χ0) is 19.8. The molecule has 144 valence electrons. The van der Waals surface area contributed by atoms with Crippen LogP contribution in [0.1, 0.15) is 22.3 Å². The van der Waals surface area contributed by atoms with Gasteiger partial charge in [-0.15, -0.1) is 0 Å². The van der Waals surface area contributed by atoms with Crippen LogP contribution in [0, 0.1) is 13.8 Å². The summed E-state index contributed by atoms with van der Waals surface area (Å²) < 4.78 is 1.56. The summed E-state index contributed by atoms with van der Waals surface area (Å²) in [4.78, 5) is 29.7. The number of benzene rings is 2. The van der Waals surface area contributed by atoms with E-state index in [1.165, 1.54) is 0 Å². The quantitative estimate of drug-likeness (QED) is 0.713. The molecule has 1 aliphatic rings. The Morgan fingerprint density at radius 2 is 1.86 bits per heavy atom. The number of aromatic amines is 1. The summed E-state index contributed by atoms with van der Waals surface area (Å²) in [5, 5.41) is 3.97. The molecular weight excluding hydrogens is 376 g/mol. The predicted octanol–water partition coefficient (Wildman–Crippen LogP) is 3.18. The maximum Gasteiger partial charge on any atom is 0.334 e. The van der Waals surface area contributed by atoms with Crippen LogP contribution in [-0.2, 0) is 13.1 Å². The van der Waals surface area contributed by atoms with E-state index in [-0.39, 0.29) is 5.56 Å². The topological polar surface area (TPSA) is 70.1 Å². The minimum atomic E-state index is -0.440. The fourth-order valence-corrected chi connectivity index (χ4v) is 3.75. The maximum atomic E-state index is 12.6. The van der Waals surface area contributed by atoms with Crippen LogP contribution in [0.3, 0.4) is 0 Å². The van der Waals surface area contributed by atoms with E-state index in [1.807, 2.05) is 56.3 Å². The Morgan fingerprint density at radius 1 is 1.07 bits per heavy atom. The smallest absolute Gasteiger partial charge is 0.334 e. The molecule has 0 unspecified atom stereocenters. The first-order valence-electron chi connectivity index (χ1n) is 9.10. The number of hydrogen-bond donors (Lipinski definition) is 2. The number of fused-ring (bicyclic) bond motifs is 1. The molecule has 6 nitrogen and oxygen atoms in total. The molecule has 0 atom stereocenters. The number of nitrogens with one attached hydrogen (secondary N) is 2. The van der Waals surface area contributed by atoms with Crippen molar-refractivity contribution in [2.45, 2.75) is 26.9 Å². The highest BCUT2D eigenvalue weighted by molar-refractivity contribution is 6.31. The van der Waals surface area contributed by atoms with Crippen LogP contribution in [0.25, 0.3) is 5.69 Å². The monoisotopic (exact) mass is 396 g/mol. The molecule has 0 saturated carbocycles. The number of rotatable bonds is 3. The normalized spacial score (nSPS) is 13.8. The largest absolute Gasteiger partial charge is 0.358 e. The summed E-state index contributed by atoms with van der Waals surface area (Å²) in [5.74, 6) is 0.554. The van der Waals surface area contributed by atoms with E-state index in [0.717, 1.165) is 22.4 Å². The molecule has 0 saturated heterocycles. The van der Waals surface area contributed by atoms with Gasteiger partial charge in [0.05, 0.1) is 17.9 Å². The summed E-state index contributed by atoms with van der Waals surface area (Å²) in [7, 11) is 0. The third-order valence-electron chi connectivity index (χ3n) is 5.23. The van der Waals surface area contributed by atoms with Gasteiger partial charge in [0.15, 0.2) is 0 Å². The SMILES string of the molecule is Cc1cccc(-n2c3c(c(=O)[nH]c2=O)CN(Cc2ccccc2Cl)CN3)c1C. The lowest BCUT2D eigenvalue weighted by atomic mass is 10.1. The highest BCUT2D eigenvalue weighted by Gasteiger charge is 2.24. The Morgan fingerprint density at radius 3 is 2.64 bits per heavy atom. The van der Waals surface area contributed by atoms with Crippen LogP contribution in [0.5, 0.6) is 0 Å². The van der Waals surface area contributed by atoms with Gasteiger partial charge in [0.25, 0.3) is 5.56 Å². The molecule has 3 aromatic rings. The molecule has 0 bridgehead atoms. The Bertz CT molecular complexity index is 1170. The Labute approximate surface area is 167 Å². The van der Waals surface area contributed by atoms with Gasteiger partial charge in [0.1, 0.15) is 5.82 Å². The van der Waals surface area contributed by atoms with Gasteiger partial charge in [-0.25, -0.2) is 9.36 Å². The highest BCUT2D eigenvalue weighted by atomic mass is 35.5. The lowest BCUT2D eigenvalue weighted by Gasteiger charge is -2.31. The van der Waals surface area contributed by atoms with Crippen molar-refractivity contribution in [2.24, 2.45) is 0 Å². The zero-order valence-electron chi connectivity index (χ0n) is 15.8. The number of aromatic nitrogens is 2. The first kappa shape index (κ1) is 18.5. The van der Waals surface area contributed by atoms with E-state index in [4.69, 9.17) is 11.6 Å². The van der Waals surface area contributed by atoms with Gasteiger partial charge in [-0.2, -0.15) is 0 Å². The Hall–Kier alpha value is -2.83. The third kappa shape index (κ3) is 3.25. The minimum absolute atomic E-state index is 0.363. The average molecular weight is 397 g/mol. The van der Waals surface area contributed by atoms with Gasteiger partial charge in [0, 0.05) is 18.1 Å². The summed E-state index contributed by atoms with van der Waals surface area (Å²) in [5.41, 5.74) is 3.58. The van der Waals surface area contributed by atoms with Crippen molar-refractivity contribution in [1.82, 2.24) is 14.5 Å². The van der Waals surface area contributed by atoms with Crippen LogP contribution in [-0.4, -0.2) is 21.1 Å². The van der Waals surface area contributed by atoms with Crippen molar-refractivity contribution < 1.29 is 0 Å². The molecule has 0 fully saturated rings. The number of halogens is 1. The van der Waals surface area contributed by atoms with Gasteiger partial charge in [-0.3, -0.25) is 14.7 Å². The summed E-state index contributed by atoms with van der Waals surface area (Å²) in [6.45, 7) is 5.51.